The highest BCUT2D eigenvalue weighted by molar-refractivity contribution is 7.11. The average molecular weight is 275 g/mol. The fraction of sp³-hybridized carbons (Fsp3) is 0.400. The van der Waals surface area contributed by atoms with E-state index in [1.807, 2.05) is 0 Å². The lowest BCUT2D eigenvalue weighted by Crippen LogP contribution is -2.38. The molecular formula is C15H21N3S. The maximum atomic E-state index is 5.67. The molecule has 1 unspecified atom stereocenters. The predicted octanol–water partition coefficient (Wildman–Crippen LogP) is 2.69. The zero-order valence-electron chi connectivity index (χ0n) is 11.7. The standard InChI is InChI=1S/C15H21N3S/c1-10-4-6-13(7-5-10)8-14(18-16)9-15-17-11(2)12(3)19-15/h4-7,14,18H,8-9,16H2,1-3H3. The van der Waals surface area contributed by atoms with Crippen LogP contribution in [0.5, 0.6) is 0 Å². The van der Waals surface area contributed by atoms with Crippen molar-refractivity contribution in [1.82, 2.24) is 10.4 Å². The summed E-state index contributed by atoms with van der Waals surface area (Å²) in [4.78, 5) is 5.87. The average Bonchev–Trinajstić information content (AvgIpc) is 2.70. The highest BCUT2D eigenvalue weighted by atomic mass is 32.1. The van der Waals surface area contributed by atoms with Crippen LogP contribution in [0.2, 0.25) is 0 Å². The van der Waals surface area contributed by atoms with Crippen LogP contribution in [0.3, 0.4) is 0 Å². The van der Waals surface area contributed by atoms with Gasteiger partial charge in [0.15, 0.2) is 0 Å². The minimum atomic E-state index is 0.229. The summed E-state index contributed by atoms with van der Waals surface area (Å²) in [6, 6.07) is 8.84. The molecule has 102 valence electrons. The van der Waals surface area contributed by atoms with Gasteiger partial charge in [-0.15, -0.1) is 11.3 Å². The topological polar surface area (TPSA) is 50.9 Å². The molecule has 3 nitrogen and oxygen atoms in total. The summed E-state index contributed by atoms with van der Waals surface area (Å²) in [5, 5.41) is 1.16. The van der Waals surface area contributed by atoms with Crippen molar-refractivity contribution in [3.63, 3.8) is 0 Å². The SMILES string of the molecule is Cc1ccc(CC(Cc2nc(C)c(C)s2)NN)cc1. The quantitative estimate of drug-likeness (QED) is 0.651. The third-order valence-electron chi connectivity index (χ3n) is 3.33. The molecule has 19 heavy (non-hydrogen) atoms. The number of nitrogens with one attached hydrogen (secondary N) is 1. The molecule has 1 heterocycles. The number of hydrazine groups is 1. The van der Waals surface area contributed by atoms with Crippen LogP contribution in [0.4, 0.5) is 0 Å². The van der Waals surface area contributed by atoms with E-state index in [9.17, 15) is 0 Å². The van der Waals surface area contributed by atoms with E-state index in [0.717, 1.165) is 23.5 Å². The Bertz CT molecular complexity index is 511. The molecule has 0 saturated heterocycles. The maximum absolute atomic E-state index is 5.67. The first kappa shape index (κ1) is 14.2. The number of rotatable bonds is 5. The zero-order valence-corrected chi connectivity index (χ0v) is 12.6. The molecule has 0 radical (unpaired) electrons. The predicted molar refractivity (Wildman–Crippen MR) is 81.3 cm³/mol. The van der Waals surface area contributed by atoms with Crippen LogP contribution in [0.25, 0.3) is 0 Å². The van der Waals surface area contributed by atoms with Crippen LogP contribution in [0, 0.1) is 20.8 Å². The van der Waals surface area contributed by atoms with Crippen molar-refractivity contribution < 1.29 is 0 Å². The molecule has 0 aliphatic heterocycles. The fourth-order valence-corrected chi connectivity index (χ4v) is 3.05. The molecule has 0 fully saturated rings. The molecule has 3 N–H and O–H groups in total. The Morgan fingerprint density at radius 1 is 1.16 bits per heavy atom. The molecule has 4 heteroatoms. The van der Waals surface area contributed by atoms with Gasteiger partial charge in [0.25, 0.3) is 0 Å². The second-order valence-corrected chi connectivity index (χ2v) is 6.29. The molecule has 1 aromatic carbocycles. The van der Waals surface area contributed by atoms with Crippen LogP contribution in [0.1, 0.15) is 26.7 Å². The molecule has 0 bridgehead atoms. The van der Waals surface area contributed by atoms with Gasteiger partial charge in [0.05, 0.1) is 10.7 Å². The van der Waals surface area contributed by atoms with E-state index in [2.05, 4.69) is 55.4 Å². The Morgan fingerprint density at radius 3 is 2.37 bits per heavy atom. The summed E-state index contributed by atoms with van der Waals surface area (Å²) in [7, 11) is 0. The van der Waals surface area contributed by atoms with Gasteiger partial charge in [0.1, 0.15) is 0 Å². The second kappa shape index (κ2) is 6.28. The van der Waals surface area contributed by atoms with Crippen molar-refractivity contribution >= 4 is 11.3 Å². The molecule has 0 saturated carbocycles. The van der Waals surface area contributed by atoms with Crippen molar-refractivity contribution in [3.05, 3.63) is 51.0 Å². The van der Waals surface area contributed by atoms with E-state index in [0.29, 0.717) is 0 Å². The van der Waals surface area contributed by atoms with Crippen molar-refractivity contribution in [3.8, 4) is 0 Å². The Labute approximate surface area is 118 Å². The Hall–Kier alpha value is -1.23. The van der Waals surface area contributed by atoms with Crippen molar-refractivity contribution in [2.75, 3.05) is 0 Å². The van der Waals surface area contributed by atoms with Gasteiger partial charge in [-0.25, -0.2) is 4.98 Å². The normalized spacial score (nSPS) is 12.6. The Kier molecular flexibility index (Phi) is 4.69. The first-order valence-corrected chi connectivity index (χ1v) is 7.34. The molecule has 0 spiro atoms. The summed E-state index contributed by atoms with van der Waals surface area (Å²) < 4.78 is 0. The lowest BCUT2D eigenvalue weighted by molar-refractivity contribution is 0.521. The number of aryl methyl sites for hydroxylation is 3. The third-order valence-corrected chi connectivity index (χ3v) is 4.43. The van der Waals surface area contributed by atoms with Gasteiger partial charge in [-0.3, -0.25) is 11.3 Å². The Morgan fingerprint density at radius 2 is 1.84 bits per heavy atom. The number of nitrogens with two attached hydrogens (primary N) is 1. The van der Waals surface area contributed by atoms with Gasteiger partial charge in [0.2, 0.25) is 0 Å². The van der Waals surface area contributed by atoms with E-state index < -0.39 is 0 Å². The monoisotopic (exact) mass is 275 g/mol. The molecule has 0 amide bonds. The molecule has 2 aromatic rings. The summed E-state index contributed by atoms with van der Waals surface area (Å²) >= 11 is 1.76. The third kappa shape index (κ3) is 3.86. The number of hydrogen-bond donors (Lipinski definition) is 2. The highest BCUT2D eigenvalue weighted by Gasteiger charge is 2.12. The van der Waals surface area contributed by atoms with Crippen LogP contribution < -0.4 is 11.3 Å². The van der Waals surface area contributed by atoms with Crippen LogP contribution in [-0.4, -0.2) is 11.0 Å². The van der Waals surface area contributed by atoms with Crippen LogP contribution in [0.15, 0.2) is 24.3 Å². The molecule has 0 aliphatic rings. The van der Waals surface area contributed by atoms with Crippen LogP contribution >= 0.6 is 11.3 Å². The van der Waals surface area contributed by atoms with Crippen LogP contribution in [-0.2, 0) is 12.8 Å². The lowest BCUT2D eigenvalue weighted by atomic mass is 10.0. The fourth-order valence-electron chi connectivity index (χ4n) is 2.04. The number of benzene rings is 1. The van der Waals surface area contributed by atoms with Gasteiger partial charge in [-0.05, 0) is 32.8 Å². The Balaban J connectivity index is 2.02. The molecule has 0 aliphatic carbocycles. The smallest absolute Gasteiger partial charge is 0.0947 e. The van der Waals surface area contributed by atoms with Gasteiger partial charge < -0.3 is 0 Å². The van der Waals surface area contributed by atoms with Crippen molar-refractivity contribution in [2.24, 2.45) is 5.84 Å². The van der Waals surface area contributed by atoms with Crippen molar-refractivity contribution in [2.45, 2.75) is 39.7 Å². The minimum Gasteiger partial charge on any atom is -0.271 e. The minimum absolute atomic E-state index is 0.229. The summed E-state index contributed by atoms with van der Waals surface area (Å²) in [5.41, 5.74) is 6.63. The first-order chi connectivity index (χ1) is 9.08. The van der Waals surface area contributed by atoms with E-state index in [-0.39, 0.29) is 6.04 Å². The van der Waals surface area contributed by atoms with Gasteiger partial charge in [-0.1, -0.05) is 29.8 Å². The molecule has 2 rings (SSSR count). The molecule has 1 aromatic heterocycles. The molecule has 1 atom stereocenters. The largest absolute Gasteiger partial charge is 0.271 e. The number of hydrogen-bond acceptors (Lipinski definition) is 4. The van der Waals surface area contributed by atoms with Gasteiger partial charge in [0, 0.05) is 17.3 Å². The van der Waals surface area contributed by atoms with Gasteiger partial charge >= 0.3 is 0 Å². The summed E-state index contributed by atoms with van der Waals surface area (Å²) in [5.74, 6) is 5.67. The zero-order chi connectivity index (χ0) is 13.8. The van der Waals surface area contributed by atoms with Gasteiger partial charge in [-0.2, -0.15) is 0 Å². The highest BCUT2D eigenvalue weighted by Crippen LogP contribution is 2.18. The van der Waals surface area contributed by atoms with E-state index in [1.165, 1.54) is 16.0 Å². The van der Waals surface area contributed by atoms with E-state index in [4.69, 9.17) is 5.84 Å². The molecular weight excluding hydrogens is 254 g/mol. The van der Waals surface area contributed by atoms with Crippen molar-refractivity contribution in [1.29, 1.82) is 0 Å². The van der Waals surface area contributed by atoms with E-state index in [1.54, 1.807) is 11.3 Å². The lowest BCUT2D eigenvalue weighted by Gasteiger charge is -2.14. The number of aromatic nitrogens is 1. The van der Waals surface area contributed by atoms with E-state index >= 15 is 0 Å². The summed E-state index contributed by atoms with van der Waals surface area (Å²) in [6.45, 7) is 6.27. The first-order valence-electron chi connectivity index (χ1n) is 6.53. The summed E-state index contributed by atoms with van der Waals surface area (Å²) in [6.07, 6.45) is 1.80. The maximum Gasteiger partial charge on any atom is 0.0947 e. The number of thiazole rings is 1. The second-order valence-electron chi connectivity index (χ2n) is 5.01. The number of nitrogens with zero attached hydrogens (tertiary/aromatic N) is 1.